The van der Waals surface area contributed by atoms with Crippen molar-refractivity contribution in [1.29, 1.82) is 0 Å². The van der Waals surface area contributed by atoms with Crippen molar-refractivity contribution < 1.29 is 9.59 Å². The third-order valence-corrected chi connectivity index (χ3v) is 3.40. The number of carbonyl (C=O) groups is 2. The first-order chi connectivity index (χ1) is 10.2. The predicted octanol–water partition coefficient (Wildman–Crippen LogP) is 3.78. The molecule has 108 valence electrons. The number of carbonyl (C=O) groups excluding carboxylic acids is 2. The molecular weight excluding hydrogens is 260 g/mol. The van der Waals surface area contributed by atoms with Gasteiger partial charge in [-0.1, -0.05) is 60.7 Å². The standard InChI is InChI=1S/C19H20O2/c20-18(13-7-12-16-8-3-1-4-9-16)15-19(21)14-17-10-5-2-6-11-17/h1-6,8-11H,7,12-15H2. The molecule has 2 aromatic carbocycles. The average molecular weight is 280 g/mol. The van der Waals surface area contributed by atoms with Crippen LogP contribution < -0.4 is 0 Å². The van der Waals surface area contributed by atoms with E-state index in [9.17, 15) is 9.59 Å². The Kier molecular flexibility index (Phi) is 5.89. The summed E-state index contributed by atoms with van der Waals surface area (Å²) in [5.74, 6) is 0.0535. The van der Waals surface area contributed by atoms with Gasteiger partial charge in [-0.15, -0.1) is 0 Å². The van der Waals surface area contributed by atoms with Crippen LogP contribution in [0.25, 0.3) is 0 Å². The van der Waals surface area contributed by atoms with Gasteiger partial charge in [0.05, 0.1) is 6.42 Å². The van der Waals surface area contributed by atoms with Crippen molar-refractivity contribution >= 4 is 11.6 Å². The Balaban J connectivity index is 1.68. The summed E-state index contributed by atoms with van der Waals surface area (Å²) < 4.78 is 0. The summed E-state index contributed by atoms with van der Waals surface area (Å²) in [5.41, 5.74) is 2.21. The van der Waals surface area contributed by atoms with Gasteiger partial charge in [0.15, 0.2) is 0 Å². The van der Waals surface area contributed by atoms with E-state index in [1.54, 1.807) is 0 Å². The molecule has 0 atom stereocenters. The first-order valence-electron chi connectivity index (χ1n) is 7.35. The Bertz CT molecular complexity index is 573. The second-order valence-corrected chi connectivity index (χ2v) is 5.26. The predicted molar refractivity (Wildman–Crippen MR) is 84.2 cm³/mol. The van der Waals surface area contributed by atoms with Gasteiger partial charge >= 0.3 is 0 Å². The third kappa shape index (κ3) is 5.74. The maximum atomic E-state index is 11.8. The van der Waals surface area contributed by atoms with Crippen molar-refractivity contribution in [2.45, 2.75) is 32.1 Å². The molecule has 0 N–H and O–H groups in total. The summed E-state index contributed by atoms with van der Waals surface area (Å²) in [7, 11) is 0. The molecule has 2 nitrogen and oxygen atoms in total. The molecule has 0 saturated heterocycles. The topological polar surface area (TPSA) is 34.1 Å². The SMILES string of the molecule is O=C(CCCc1ccccc1)CC(=O)Cc1ccccc1. The molecule has 0 aromatic heterocycles. The molecule has 0 saturated carbocycles. The minimum atomic E-state index is 0.00547. The molecule has 0 radical (unpaired) electrons. The van der Waals surface area contributed by atoms with Crippen LogP contribution in [-0.2, 0) is 22.4 Å². The zero-order valence-electron chi connectivity index (χ0n) is 12.1. The molecule has 0 aliphatic heterocycles. The highest BCUT2D eigenvalue weighted by Crippen LogP contribution is 2.07. The van der Waals surface area contributed by atoms with E-state index < -0.39 is 0 Å². The third-order valence-electron chi connectivity index (χ3n) is 3.40. The molecule has 2 aromatic rings. The lowest BCUT2D eigenvalue weighted by Crippen LogP contribution is -2.10. The van der Waals surface area contributed by atoms with Gasteiger partial charge in [-0.3, -0.25) is 9.59 Å². The quantitative estimate of drug-likeness (QED) is 0.690. The summed E-state index contributed by atoms with van der Waals surface area (Å²) in [4.78, 5) is 23.6. The maximum Gasteiger partial charge on any atom is 0.144 e. The number of rotatable bonds is 8. The molecular formula is C19H20O2. The fraction of sp³-hybridized carbons (Fsp3) is 0.263. The molecule has 0 spiro atoms. The molecule has 0 bridgehead atoms. The monoisotopic (exact) mass is 280 g/mol. The normalized spacial score (nSPS) is 10.3. The van der Waals surface area contributed by atoms with Crippen LogP contribution in [-0.4, -0.2) is 11.6 Å². The highest BCUT2D eigenvalue weighted by Gasteiger charge is 2.10. The Morgan fingerprint density at radius 3 is 1.90 bits per heavy atom. The summed E-state index contributed by atoms with van der Waals surface area (Å²) >= 11 is 0. The summed E-state index contributed by atoms with van der Waals surface area (Å²) in [6, 6.07) is 19.7. The van der Waals surface area contributed by atoms with E-state index >= 15 is 0 Å². The molecule has 0 fully saturated rings. The van der Waals surface area contributed by atoms with E-state index in [2.05, 4.69) is 12.1 Å². The van der Waals surface area contributed by atoms with Gasteiger partial charge in [-0.25, -0.2) is 0 Å². The first-order valence-corrected chi connectivity index (χ1v) is 7.35. The van der Waals surface area contributed by atoms with Crippen LogP contribution in [0.15, 0.2) is 60.7 Å². The minimum Gasteiger partial charge on any atom is -0.299 e. The maximum absolute atomic E-state index is 11.8. The second kappa shape index (κ2) is 8.15. The fourth-order valence-electron chi connectivity index (χ4n) is 2.33. The Morgan fingerprint density at radius 2 is 1.29 bits per heavy atom. The molecule has 0 aliphatic carbocycles. The number of hydrogen-bond acceptors (Lipinski definition) is 2. The van der Waals surface area contributed by atoms with Crippen LogP contribution in [0.1, 0.15) is 30.4 Å². The molecule has 2 heteroatoms. The molecule has 0 heterocycles. The van der Waals surface area contributed by atoms with Crippen molar-refractivity contribution in [2.75, 3.05) is 0 Å². The smallest absolute Gasteiger partial charge is 0.144 e. The van der Waals surface area contributed by atoms with E-state index in [1.165, 1.54) is 5.56 Å². The summed E-state index contributed by atoms with van der Waals surface area (Å²) in [6.45, 7) is 0. The molecule has 0 unspecified atom stereocenters. The van der Waals surface area contributed by atoms with Crippen LogP contribution in [0.3, 0.4) is 0 Å². The average Bonchev–Trinajstić information content (AvgIpc) is 2.49. The van der Waals surface area contributed by atoms with Gasteiger partial charge < -0.3 is 0 Å². The van der Waals surface area contributed by atoms with Crippen LogP contribution >= 0.6 is 0 Å². The van der Waals surface area contributed by atoms with E-state index in [0.717, 1.165) is 18.4 Å². The van der Waals surface area contributed by atoms with Crippen molar-refractivity contribution in [3.63, 3.8) is 0 Å². The van der Waals surface area contributed by atoms with Gasteiger partial charge in [0.25, 0.3) is 0 Å². The molecule has 2 rings (SSSR count). The van der Waals surface area contributed by atoms with E-state index in [1.807, 2.05) is 48.5 Å². The fourth-order valence-corrected chi connectivity index (χ4v) is 2.33. The number of Topliss-reactive ketones (excluding diaryl/α,β-unsaturated/α-hetero) is 2. The van der Waals surface area contributed by atoms with Crippen LogP contribution in [0.5, 0.6) is 0 Å². The number of benzene rings is 2. The van der Waals surface area contributed by atoms with Gasteiger partial charge in [0, 0.05) is 12.8 Å². The van der Waals surface area contributed by atoms with Crippen LogP contribution in [0.2, 0.25) is 0 Å². The Morgan fingerprint density at radius 1 is 0.714 bits per heavy atom. The van der Waals surface area contributed by atoms with Crippen molar-refractivity contribution in [2.24, 2.45) is 0 Å². The van der Waals surface area contributed by atoms with Gasteiger partial charge in [0.2, 0.25) is 0 Å². The highest BCUT2D eigenvalue weighted by molar-refractivity contribution is 5.99. The van der Waals surface area contributed by atoms with E-state index in [4.69, 9.17) is 0 Å². The van der Waals surface area contributed by atoms with Crippen molar-refractivity contribution in [1.82, 2.24) is 0 Å². The lowest BCUT2D eigenvalue weighted by molar-refractivity contribution is -0.126. The lowest BCUT2D eigenvalue weighted by atomic mass is 10.0. The summed E-state index contributed by atoms with van der Waals surface area (Å²) in [5, 5.41) is 0. The Labute approximate surface area is 125 Å². The Hall–Kier alpha value is -2.22. The first kappa shape index (κ1) is 15.2. The van der Waals surface area contributed by atoms with E-state index in [0.29, 0.717) is 12.8 Å². The highest BCUT2D eigenvalue weighted by atomic mass is 16.1. The number of hydrogen-bond donors (Lipinski definition) is 0. The molecule has 21 heavy (non-hydrogen) atoms. The molecule has 0 aliphatic rings. The zero-order valence-corrected chi connectivity index (χ0v) is 12.1. The van der Waals surface area contributed by atoms with Gasteiger partial charge in [-0.05, 0) is 24.0 Å². The van der Waals surface area contributed by atoms with Gasteiger partial charge in [-0.2, -0.15) is 0 Å². The minimum absolute atomic E-state index is 0.00547. The lowest BCUT2D eigenvalue weighted by Gasteiger charge is -2.02. The summed E-state index contributed by atoms with van der Waals surface area (Å²) in [6.07, 6.45) is 2.59. The van der Waals surface area contributed by atoms with Crippen molar-refractivity contribution in [3.05, 3.63) is 71.8 Å². The van der Waals surface area contributed by atoms with Gasteiger partial charge in [0.1, 0.15) is 11.6 Å². The van der Waals surface area contributed by atoms with Crippen LogP contribution in [0.4, 0.5) is 0 Å². The number of ketones is 2. The largest absolute Gasteiger partial charge is 0.299 e. The van der Waals surface area contributed by atoms with E-state index in [-0.39, 0.29) is 18.0 Å². The van der Waals surface area contributed by atoms with Crippen LogP contribution in [0, 0.1) is 0 Å². The second-order valence-electron chi connectivity index (χ2n) is 5.26. The molecule has 0 amide bonds. The number of aryl methyl sites for hydroxylation is 1. The van der Waals surface area contributed by atoms with Crippen molar-refractivity contribution in [3.8, 4) is 0 Å². The zero-order chi connectivity index (χ0) is 14.9.